The highest BCUT2D eigenvalue weighted by atomic mass is 19.1. The molecule has 1 nitrogen and oxygen atoms in total. The van der Waals surface area contributed by atoms with Gasteiger partial charge in [0.05, 0.1) is 6.54 Å². The third-order valence-electron chi connectivity index (χ3n) is 2.98. The van der Waals surface area contributed by atoms with Gasteiger partial charge in [0.15, 0.2) is 0 Å². The summed E-state index contributed by atoms with van der Waals surface area (Å²) in [7, 11) is 0. The number of terminal acetylenes is 1. The molecule has 2 rings (SSSR count). The molecule has 1 N–H and O–H groups in total. The predicted octanol–water partition coefficient (Wildman–Crippen LogP) is 2.29. The van der Waals surface area contributed by atoms with E-state index in [1.165, 1.54) is 6.07 Å². The molecule has 0 unspecified atom stereocenters. The standard InChI is InChI=1S/C13H14FN/c1-2-7-15-11-8-10(9-11)12-5-3-4-6-13(12)14/h1,3-6,10-11,15H,7-9H2. The van der Waals surface area contributed by atoms with Crippen molar-refractivity contribution >= 4 is 0 Å². The number of halogens is 1. The molecule has 1 saturated carbocycles. The zero-order valence-electron chi connectivity index (χ0n) is 8.54. The number of nitrogens with one attached hydrogen (secondary N) is 1. The summed E-state index contributed by atoms with van der Waals surface area (Å²) in [6, 6.07) is 7.48. The van der Waals surface area contributed by atoms with Crippen LogP contribution in [-0.4, -0.2) is 12.6 Å². The van der Waals surface area contributed by atoms with Gasteiger partial charge in [-0.2, -0.15) is 0 Å². The van der Waals surface area contributed by atoms with Crippen LogP contribution >= 0.6 is 0 Å². The number of rotatable bonds is 3. The molecule has 0 bridgehead atoms. The lowest BCUT2D eigenvalue weighted by Crippen LogP contribution is -2.40. The molecule has 1 aromatic carbocycles. The third kappa shape index (κ3) is 2.19. The summed E-state index contributed by atoms with van der Waals surface area (Å²) in [6.45, 7) is 0.606. The Labute approximate surface area is 89.7 Å². The van der Waals surface area contributed by atoms with Crippen molar-refractivity contribution < 1.29 is 4.39 Å². The highest BCUT2D eigenvalue weighted by Crippen LogP contribution is 2.37. The minimum atomic E-state index is -0.0853. The third-order valence-corrected chi connectivity index (χ3v) is 2.98. The average Bonchev–Trinajstić information content (AvgIpc) is 2.18. The summed E-state index contributed by atoms with van der Waals surface area (Å²) in [5.74, 6) is 2.82. The molecule has 78 valence electrons. The molecule has 0 spiro atoms. The van der Waals surface area contributed by atoms with Crippen molar-refractivity contribution in [3.63, 3.8) is 0 Å². The summed E-state index contributed by atoms with van der Waals surface area (Å²) in [6.07, 6.45) is 7.13. The Balaban J connectivity index is 1.90. The number of hydrogen-bond acceptors (Lipinski definition) is 1. The fourth-order valence-electron chi connectivity index (χ4n) is 2.05. The van der Waals surface area contributed by atoms with Crippen LogP contribution in [0.15, 0.2) is 24.3 Å². The molecule has 1 aliphatic rings. The van der Waals surface area contributed by atoms with Crippen LogP contribution in [0.5, 0.6) is 0 Å². The van der Waals surface area contributed by atoms with Gasteiger partial charge in [-0.15, -0.1) is 6.42 Å². The molecule has 0 amide bonds. The highest BCUT2D eigenvalue weighted by Gasteiger charge is 2.30. The highest BCUT2D eigenvalue weighted by molar-refractivity contribution is 5.24. The Morgan fingerprint density at radius 1 is 1.40 bits per heavy atom. The summed E-state index contributed by atoms with van der Waals surface area (Å²) in [4.78, 5) is 0. The molecule has 0 radical (unpaired) electrons. The number of hydrogen-bond donors (Lipinski definition) is 1. The van der Waals surface area contributed by atoms with Crippen molar-refractivity contribution in [3.05, 3.63) is 35.6 Å². The fourth-order valence-corrected chi connectivity index (χ4v) is 2.05. The van der Waals surface area contributed by atoms with Gasteiger partial charge in [0.1, 0.15) is 5.82 Å². The Kier molecular flexibility index (Phi) is 3.03. The molecular formula is C13H14FN. The van der Waals surface area contributed by atoms with Crippen LogP contribution < -0.4 is 5.32 Å². The van der Waals surface area contributed by atoms with E-state index in [1.807, 2.05) is 12.1 Å². The molecule has 1 fully saturated rings. The van der Waals surface area contributed by atoms with Gasteiger partial charge in [-0.1, -0.05) is 24.1 Å². The quantitative estimate of drug-likeness (QED) is 0.743. The van der Waals surface area contributed by atoms with Crippen molar-refractivity contribution in [2.45, 2.75) is 24.8 Å². The van der Waals surface area contributed by atoms with Crippen LogP contribution in [-0.2, 0) is 0 Å². The van der Waals surface area contributed by atoms with Gasteiger partial charge in [0.25, 0.3) is 0 Å². The van der Waals surface area contributed by atoms with Gasteiger partial charge in [-0.05, 0) is 30.4 Å². The summed E-state index contributed by atoms with van der Waals surface area (Å²) < 4.78 is 13.4. The fraction of sp³-hybridized carbons (Fsp3) is 0.385. The second-order valence-corrected chi connectivity index (χ2v) is 3.97. The van der Waals surface area contributed by atoms with Gasteiger partial charge < -0.3 is 5.32 Å². The Morgan fingerprint density at radius 3 is 2.80 bits per heavy atom. The molecule has 15 heavy (non-hydrogen) atoms. The van der Waals surface area contributed by atoms with Crippen LogP contribution in [0, 0.1) is 18.2 Å². The Hall–Kier alpha value is -1.33. The molecule has 1 aromatic rings. The van der Waals surface area contributed by atoms with Crippen LogP contribution in [0.1, 0.15) is 24.3 Å². The Bertz CT molecular complexity index is 374. The Morgan fingerprint density at radius 2 is 2.13 bits per heavy atom. The summed E-state index contributed by atoms with van der Waals surface area (Å²) in [5.41, 5.74) is 0.844. The first-order chi connectivity index (χ1) is 7.31. The minimum absolute atomic E-state index is 0.0853. The van der Waals surface area contributed by atoms with E-state index >= 15 is 0 Å². The van der Waals surface area contributed by atoms with E-state index < -0.39 is 0 Å². The van der Waals surface area contributed by atoms with Crippen LogP contribution in [0.2, 0.25) is 0 Å². The van der Waals surface area contributed by atoms with Crippen molar-refractivity contribution in [2.75, 3.05) is 6.54 Å². The SMILES string of the molecule is C#CCNC1CC(c2ccccc2F)C1. The topological polar surface area (TPSA) is 12.0 Å². The molecule has 0 aromatic heterocycles. The molecule has 0 saturated heterocycles. The maximum Gasteiger partial charge on any atom is 0.126 e. The lowest BCUT2D eigenvalue weighted by molar-refractivity contribution is 0.295. The lowest BCUT2D eigenvalue weighted by atomic mass is 9.75. The largest absolute Gasteiger partial charge is 0.303 e. The van der Waals surface area contributed by atoms with Gasteiger partial charge >= 0.3 is 0 Å². The first-order valence-corrected chi connectivity index (χ1v) is 5.22. The monoisotopic (exact) mass is 203 g/mol. The lowest BCUT2D eigenvalue weighted by Gasteiger charge is -2.36. The van der Waals surface area contributed by atoms with Gasteiger partial charge in [0, 0.05) is 6.04 Å². The van der Waals surface area contributed by atoms with E-state index in [1.54, 1.807) is 6.07 Å². The smallest absolute Gasteiger partial charge is 0.126 e. The molecule has 1 aliphatic carbocycles. The van der Waals surface area contributed by atoms with Crippen molar-refractivity contribution in [2.24, 2.45) is 0 Å². The second-order valence-electron chi connectivity index (χ2n) is 3.97. The van der Waals surface area contributed by atoms with Gasteiger partial charge in [-0.25, -0.2) is 4.39 Å². The zero-order valence-corrected chi connectivity index (χ0v) is 8.54. The number of benzene rings is 1. The van der Waals surface area contributed by atoms with E-state index in [9.17, 15) is 4.39 Å². The molecule has 2 heteroatoms. The van der Waals surface area contributed by atoms with Crippen molar-refractivity contribution in [1.29, 1.82) is 0 Å². The van der Waals surface area contributed by atoms with Crippen LogP contribution in [0.4, 0.5) is 4.39 Å². The summed E-state index contributed by atoms with van der Waals surface area (Å²) in [5, 5.41) is 3.23. The van der Waals surface area contributed by atoms with Gasteiger partial charge in [-0.3, -0.25) is 0 Å². The van der Waals surface area contributed by atoms with E-state index in [0.717, 1.165) is 18.4 Å². The maximum absolute atomic E-state index is 13.4. The van der Waals surface area contributed by atoms with Gasteiger partial charge in [0.2, 0.25) is 0 Å². The normalized spacial score (nSPS) is 24.3. The first kappa shape index (κ1) is 10.2. The minimum Gasteiger partial charge on any atom is -0.303 e. The van der Waals surface area contributed by atoms with E-state index in [4.69, 9.17) is 6.42 Å². The van der Waals surface area contributed by atoms with Crippen molar-refractivity contribution in [3.8, 4) is 12.3 Å². The second kappa shape index (κ2) is 4.46. The average molecular weight is 203 g/mol. The molecule has 0 heterocycles. The van der Waals surface area contributed by atoms with E-state index in [2.05, 4.69) is 11.2 Å². The maximum atomic E-state index is 13.4. The first-order valence-electron chi connectivity index (χ1n) is 5.22. The predicted molar refractivity (Wildman–Crippen MR) is 59.0 cm³/mol. The molecule has 0 atom stereocenters. The van der Waals surface area contributed by atoms with Crippen LogP contribution in [0.25, 0.3) is 0 Å². The van der Waals surface area contributed by atoms with Crippen molar-refractivity contribution in [1.82, 2.24) is 5.32 Å². The van der Waals surface area contributed by atoms with E-state index in [-0.39, 0.29) is 5.82 Å². The summed E-state index contributed by atoms with van der Waals surface area (Å²) >= 11 is 0. The van der Waals surface area contributed by atoms with E-state index in [0.29, 0.717) is 18.5 Å². The van der Waals surface area contributed by atoms with Crippen LogP contribution in [0.3, 0.4) is 0 Å². The molecular weight excluding hydrogens is 189 g/mol. The molecule has 0 aliphatic heterocycles. The zero-order chi connectivity index (χ0) is 10.7.